The Bertz CT molecular complexity index is 1320. The number of fused-ring (bicyclic) bond motifs is 1. The molecule has 0 fully saturated rings. The highest BCUT2D eigenvalue weighted by Gasteiger charge is 2.78. The fourth-order valence-corrected chi connectivity index (χ4v) is 4.08. The van der Waals surface area contributed by atoms with E-state index in [1.54, 1.807) is 0 Å². The van der Waals surface area contributed by atoms with Crippen molar-refractivity contribution in [1.82, 2.24) is 9.55 Å². The molecule has 3 heterocycles. The number of benzene rings is 1. The van der Waals surface area contributed by atoms with Gasteiger partial charge in [0.2, 0.25) is 5.82 Å². The summed E-state index contributed by atoms with van der Waals surface area (Å²) in [6.45, 7) is 0. The molecule has 2 aromatic heterocycles. The SMILES string of the molecule is O=c1[nH]c(=O)n(-c2ccccc2F)c2c1C(C(F)(F)F)(C(F)(F)F)[NH+]=C(c1cccs1)N2. The third kappa shape index (κ3) is 3.04. The molecule has 32 heavy (non-hydrogen) atoms. The lowest BCUT2D eigenvalue weighted by Crippen LogP contribution is -2.97. The van der Waals surface area contributed by atoms with Crippen LogP contribution in [0.1, 0.15) is 10.4 Å². The van der Waals surface area contributed by atoms with Gasteiger partial charge in [0.15, 0.2) is 0 Å². The van der Waals surface area contributed by atoms with E-state index in [1.165, 1.54) is 39.6 Å². The van der Waals surface area contributed by atoms with Crippen LogP contribution in [0.4, 0.5) is 36.6 Å². The van der Waals surface area contributed by atoms with Gasteiger partial charge < -0.3 is 0 Å². The Labute approximate surface area is 176 Å². The molecule has 1 aliphatic heterocycles. The molecule has 1 aromatic carbocycles. The number of hydrogen-bond donors (Lipinski definition) is 3. The first kappa shape index (κ1) is 21.8. The molecule has 4 rings (SSSR count). The highest BCUT2D eigenvalue weighted by atomic mass is 32.1. The lowest BCUT2D eigenvalue weighted by Gasteiger charge is -2.35. The molecule has 1 aliphatic rings. The molecule has 0 bridgehead atoms. The highest BCUT2D eigenvalue weighted by Crippen LogP contribution is 2.48. The van der Waals surface area contributed by atoms with E-state index in [0.29, 0.717) is 0 Å². The standard InChI is InChI=1S/C18H9F7N4O2S/c19-8-4-1-2-5-9(8)29-13-11(14(30)27-15(29)31)16(17(20,21)22,18(23,24)25)28-12(26-13)10-6-3-7-32-10/h1-7H,(H,26,28)(H,27,30,31)/p+1. The first-order valence-electron chi connectivity index (χ1n) is 8.62. The van der Waals surface area contributed by atoms with Crippen LogP contribution in [0.15, 0.2) is 51.4 Å². The molecule has 6 nitrogen and oxygen atoms in total. The third-order valence-electron chi connectivity index (χ3n) is 4.75. The van der Waals surface area contributed by atoms with Gasteiger partial charge in [-0.1, -0.05) is 18.2 Å². The number of thiophene rings is 1. The van der Waals surface area contributed by atoms with Crippen molar-refractivity contribution in [2.24, 2.45) is 0 Å². The predicted molar refractivity (Wildman–Crippen MR) is 99.4 cm³/mol. The van der Waals surface area contributed by atoms with E-state index in [1.807, 2.05) is 0 Å². The van der Waals surface area contributed by atoms with Crippen molar-refractivity contribution >= 4 is 23.0 Å². The molecule has 0 amide bonds. The zero-order valence-corrected chi connectivity index (χ0v) is 16.2. The molecule has 168 valence electrons. The van der Waals surface area contributed by atoms with Crippen LogP contribution in [0, 0.1) is 5.82 Å². The van der Waals surface area contributed by atoms with Crippen molar-refractivity contribution in [3.05, 3.63) is 78.9 Å². The average Bonchev–Trinajstić information content (AvgIpc) is 3.21. The molecular weight excluding hydrogens is 469 g/mol. The van der Waals surface area contributed by atoms with Crippen LogP contribution in [-0.2, 0) is 5.54 Å². The minimum atomic E-state index is -6.09. The number of nitrogens with zero attached hydrogens (tertiary/aromatic N) is 1. The van der Waals surface area contributed by atoms with Crippen molar-refractivity contribution in [2.75, 3.05) is 5.32 Å². The maximum absolute atomic E-state index is 14.4. The molecule has 0 aliphatic carbocycles. The van der Waals surface area contributed by atoms with Crippen LogP contribution in [0.5, 0.6) is 0 Å². The van der Waals surface area contributed by atoms with Crippen LogP contribution in [0.2, 0.25) is 0 Å². The van der Waals surface area contributed by atoms with Crippen molar-refractivity contribution < 1.29 is 35.7 Å². The van der Waals surface area contributed by atoms with Crippen molar-refractivity contribution in [2.45, 2.75) is 17.9 Å². The number of aromatic amines is 1. The fourth-order valence-electron chi connectivity index (χ4n) is 3.40. The van der Waals surface area contributed by atoms with Gasteiger partial charge in [-0.15, -0.1) is 11.3 Å². The highest BCUT2D eigenvalue weighted by molar-refractivity contribution is 7.12. The van der Waals surface area contributed by atoms with Crippen LogP contribution >= 0.6 is 11.3 Å². The third-order valence-corrected chi connectivity index (χ3v) is 5.64. The predicted octanol–water partition coefficient (Wildman–Crippen LogP) is 2.00. The molecule has 3 aromatic rings. The lowest BCUT2D eigenvalue weighted by atomic mass is 9.88. The van der Waals surface area contributed by atoms with Gasteiger partial charge in [0.05, 0.1) is 5.69 Å². The molecule has 0 saturated carbocycles. The molecule has 0 radical (unpaired) electrons. The van der Waals surface area contributed by atoms with Gasteiger partial charge in [0, 0.05) is 0 Å². The zero-order valence-electron chi connectivity index (χ0n) is 15.4. The minimum absolute atomic E-state index is 0.0821. The molecule has 14 heteroatoms. The first-order valence-corrected chi connectivity index (χ1v) is 9.50. The van der Waals surface area contributed by atoms with Crippen LogP contribution in [0.3, 0.4) is 0 Å². The van der Waals surface area contributed by atoms with E-state index in [9.17, 15) is 40.3 Å². The van der Waals surface area contributed by atoms with Crippen LogP contribution in [-0.4, -0.2) is 27.7 Å². The number of anilines is 1. The number of alkyl halides is 6. The van der Waals surface area contributed by atoms with Gasteiger partial charge in [0.1, 0.15) is 16.3 Å². The van der Waals surface area contributed by atoms with E-state index >= 15 is 0 Å². The normalized spacial score (nSPS) is 15.7. The molecule has 0 saturated heterocycles. The summed E-state index contributed by atoms with van der Waals surface area (Å²) in [6.07, 6.45) is -12.2. The van der Waals surface area contributed by atoms with Gasteiger partial charge in [-0.2, -0.15) is 26.3 Å². The molecular formula is C18H10F7N4O2S+. The van der Waals surface area contributed by atoms with Gasteiger partial charge in [-0.05, 0) is 23.6 Å². The number of halogens is 7. The Morgan fingerprint density at radius 2 is 1.62 bits per heavy atom. The van der Waals surface area contributed by atoms with Gasteiger partial charge >= 0.3 is 23.6 Å². The second-order valence-corrected chi connectivity index (χ2v) is 7.57. The Kier molecular flexibility index (Phi) is 4.80. The topological polar surface area (TPSA) is 80.9 Å². The van der Waals surface area contributed by atoms with Crippen LogP contribution in [0.25, 0.3) is 5.69 Å². The number of amidine groups is 1. The Morgan fingerprint density at radius 1 is 0.969 bits per heavy atom. The second-order valence-electron chi connectivity index (χ2n) is 6.62. The zero-order chi connectivity index (χ0) is 23.5. The Morgan fingerprint density at radius 3 is 2.19 bits per heavy atom. The summed E-state index contributed by atoms with van der Waals surface area (Å²) in [5, 5.41) is 3.66. The maximum Gasteiger partial charge on any atom is 0.446 e. The molecule has 0 atom stereocenters. The minimum Gasteiger partial charge on any atom is -0.273 e. The van der Waals surface area contributed by atoms with E-state index in [-0.39, 0.29) is 9.44 Å². The molecule has 0 spiro atoms. The maximum atomic E-state index is 14.4. The van der Waals surface area contributed by atoms with Crippen molar-refractivity contribution in [3.63, 3.8) is 0 Å². The number of para-hydroxylation sites is 1. The smallest absolute Gasteiger partial charge is 0.273 e. The van der Waals surface area contributed by atoms with E-state index < -0.39 is 57.9 Å². The fraction of sp³-hybridized carbons (Fsp3) is 0.167. The molecule has 0 unspecified atom stereocenters. The summed E-state index contributed by atoms with van der Waals surface area (Å²) in [7, 11) is 0. The number of rotatable bonds is 2. The number of H-pyrrole nitrogens is 1. The monoisotopic (exact) mass is 479 g/mol. The van der Waals surface area contributed by atoms with Crippen molar-refractivity contribution in [3.8, 4) is 5.69 Å². The quantitative estimate of drug-likeness (QED) is 0.492. The summed E-state index contributed by atoms with van der Waals surface area (Å²) < 4.78 is 99.5. The Hall–Kier alpha value is -3.42. The summed E-state index contributed by atoms with van der Waals surface area (Å²) in [4.78, 5) is 27.6. The summed E-state index contributed by atoms with van der Waals surface area (Å²) >= 11 is 0.795. The van der Waals surface area contributed by atoms with E-state index in [2.05, 4.69) is 5.32 Å². The van der Waals surface area contributed by atoms with E-state index in [0.717, 1.165) is 23.5 Å². The first-order chi connectivity index (χ1) is 14.9. The number of nitrogens with one attached hydrogen (secondary N) is 3. The van der Waals surface area contributed by atoms with Crippen LogP contribution < -0.4 is 21.6 Å². The number of hydrogen-bond acceptors (Lipinski definition) is 4. The van der Waals surface area contributed by atoms with Gasteiger partial charge in [-0.3, -0.25) is 9.78 Å². The summed E-state index contributed by atoms with van der Waals surface area (Å²) in [5.41, 5.74) is -10.8. The second kappa shape index (κ2) is 7.05. The van der Waals surface area contributed by atoms with E-state index in [4.69, 9.17) is 0 Å². The van der Waals surface area contributed by atoms with Gasteiger partial charge in [0.25, 0.3) is 11.4 Å². The summed E-state index contributed by atoms with van der Waals surface area (Å²) in [5.74, 6) is -3.05. The Balaban J connectivity index is 2.21. The van der Waals surface area contributed by atoms with Gasteiger partial charge in [-0.25, -0.2) is 24.1 Å². The number of aromatic nitrogens is 2. The average molecular weight is 479 g/mol. The lowest BCUT2D eigenvalue weighted by molar-refractivity contribution is -0.658. The summed E-state index contributed by atoms with van der Waals surface area (Å²) in [6, 6.07) is 6.83. The largest absolute Gasteiger partial charge is 0.446 e. The molecule has 3 N–H and O–H groups in total. The van der Waals surface area contributed by atoms with Crippen molar-refractivity contribution in [1.29, 1.82) is 0 Å².